The highest BCUT2D eigenvalue weighted by Gasteiger charge is 2.50. The van der Waals surface area contributed by atoms with Crippen molar-refractivity contribution in [2.45, 2.75) is 96.6 Å². The Morgan fingerprint density at radius 3 is 2.11 bits per heavy atom. The van der Waals surface area contributed by atoms with Gasteiger partial charge in [-0.1, -0.05) is 87.6 Å². The quantitative estimate of drug-likeness (QED) is 0.232. The van der Waals surface area contributed by atoms with E-state index in [-0.39, 0.29) is 6.61 Å². The third-order valence-corrected chi connectivity index (χ3v) is 6.35. The van der Waals surface area contributed by atoms with E-state index >= 15 is 0 Å². The first-order valence-electron chi connectivity index (χ1n) is 13.4. The summed E-state index contributed by atoms with van der Waals surface area (Å²) in [5.41, 5.74) is 1.36. The van der Waals surface area contributed by atoms with Gasteiger partial charge >= 0.3 is 11.9 Å². The molecule has 37 heavy (non-hydrogen) atoms. The molecule has 0 unspecified atom stereocenters. The van der Waals surface area contributed by atoms with E-state index in [0.29, 0.717) is 12.2 Å². The Hall–Kier alpha value is -2.74. The highest BCUT2D eigenvalue weighted by atomic mass is 16.7. The highest BCUT2D eigenvalue weighted by molar-refractivity contribution is 5.89. The van der Waals surface area contributed by atoms with Crippen LogP contribution >= 0.6 is 0 Å². The Labute approximate surface area is 220 Å². The van der Waals surface area contributed by atoms with Crippen molar-refractivity contribution in [3.8, 4) is 0 Å². The van der Waals surface area contributed by atoms with Gasteiger partial charge < -0.3 is 23.7 Å². The molecular weight excluding hydrogens is 472 g/mol. The van der Waals surface area contributed by atoms with Crippen molar-refractivity contribution < 1.29 is 33.3 Å². The Balaban J connectivity index is 1.74. The van der Waals surface area contributed by atoms with Gasteiger partial charge in [-0.15, -0.1) is 0 Å². The average molecular weight is 513 g/mol. The zero-order valence-corrected chi connectivity index (χ0v) is 22.2. The van der Waals surface area contributed by atoms with Crippen molar-refractivity contribution in [1.29, 1.82) is 0 Å². The minimum Gasteiger partial charge on any atom is -0.455 e. The maximum absolute atomic E-state index is 12.9. The van der Waals surface area contributed by atoms with Crippen molar-refractivity contribution in [2.24, 2.45) is 0 Å². The van der Waals surface area contributed by atoms with Gasteiger partial charge in [-0.3, -0.25) is 4.79 Å². The summed E-state index contributed by atoms with van der Waals surface area (Å²) in [7, 11) is 0. The van der Waals surface area contributed by atoms with Gasteiger partial charge in [0, 0.05) is 13.5 Å². The van der Waals surface area contributed by atoms with Crippen molar-refractivity contribution >= 4 is 11.9 Å². The second-order valence-electron chi connectivity index (χ2n) is 9.42. The SMILES string of the molecule is CCCCCCCCO[C@@H]1O[C@@H](C)[C@@H](OC(=O)c2ccccc2)[C@@H](OC(C)=O)[C@@H]1OCc1ccccc1. The Morgan fingerprint density at radius 1 is 0.784 bits per heavy atom. The molecule has 1 saturated heterocycles. The number of hydrogen-bond acceptors (Lipinski definition) is 7. The van der Waals surface area contributed by atoms with Gasteiger partial charge in [0.25, 0.3) is 0 Å². The van der Waals surface area contributed by atoms with E-state index in [1.807, 2.05) is 36.4 Å². The van der Waals surface area contributed by atoms with Gasteiger partial charge in [0.05, 0.1) is 18.3 Å². The van der Waals surface area contributed by atoms with Crippen LogP contribution in [0.15, 0.2) is 60.7 Å². The van der Waals surface area contributed by atoms with Crippen LogP contribution in [-0.4, -0.2) is 49.3 Å². The van der Waals surface area contributed by atoms with Gasteiger partial charge in [-0.25, -0.2) is 4.79 Å². The van der Waals surface area contributed by atoms with E-state index in [2.05, 4.69) is 6.92 Å². The summed E-state index contributed by atoms with van der Waals surface area (Å²) >= 11 is 0. The number of benzene rings is 2. The van der Waals surface area contributed by atoms with Crippen molar-refractivity contribution in [3.63, 3.8) is 0 Å². The maximum atomic E-state index is 12.9. The standard InChI is InChI=1S/C30H40O7/c1-4-5-6-7-8-15-20-33-30-28(34-21-24-16-11-9-12-17-24)27(36-23(3)31)26(22(2)35-30)37-29(32)25-18-13-10-14-19-25/h9-14,16-19,22,26-28,30H,4-8,15,20-21H2,1-3H3/t22-,26+,27+,28-,30+/m0/s1. The predicted octanol–water partition coefficient (Wildman–Crippen LogP) is 5.85. The lowest BCUT2D eigenvalue weighted by Crippen LogP contribution is -2.60. The summed E-state index contributed by atoms with van der Waals surface area (Å²) in [6.07, 6.45) is 2.91. The third-order valence-electron chi connectivity index (χ3n) is 6.35. The summed E-state index contributed by atoms with van der Waals surface area (Å²) in [6.45, 7) is 6.07. The summed E-state index contributed by atoms with van der Waals surface area (Å²) in [5.74, 6) is -1.02. The predicted molar refractivity (Wildman–Crippen MR) is 140 cm³/mol. The van der Waals surface area contributed by atoms with Gasteiger partial charge in [-0.05, 0) is 31.0 Å². The molecule has 7 heteroatoms. The third kappa shape index (κ3) is 9.26. The highest BCUT2D eigenvalue weighted by Crippen LogP contribution is 2.30. The first-order valence-corrected chi connectivity index (χ1v) is 13.4. The molecule has 0 bridgehead atoms. The molecule has 0 N–H and O–H groups in total. The maximum Gasteiger partial charge on any atom is 0.338 e. The Bertz CT molecular complexity index is 933. The molecule has 0 saturated carbocycles. The molecule has 0 spiro atoms. The van der Waals surface area contributed by atoms with Gasteiger partial charge in [0.15, 0.2) is 18.5 Å². The van der Waals surface area contributed by atoms with Crippen LogP contribution in [0.1, 0.15) is 75.2 Å². The Kier molecular flexibility index (Phi) is 12.1. The number of rotatable bonds is 14. The average Bonchev–Trinajstić information content (AvgIpc) is 2.90. The van der Waals surface area contributed by atoms with Crippen LogP contribution in [0.25, 0.3) is 0 Å². The molecule has 5 atom stereocenters. The van der Waals surface area contributed by atoms with Crippen LogP contribution in [0.5, 0.6) is 0 Å². The number of unbranched alkanes of at least 4 members (excludes halogenated alkanes) is 5. The molecule has 1 fully saturated rings. The van der Waals surface area contributed by atoms with Gasteiger partial charge in [0.2, 0.25) is 0 Å². The second-order valence-corrected chi connectivity index (χ2v) is 9.42. The lowest BCUT2D eigenvalue weighted by Gasteiger charge is -2.44. The lowest BCUT2D eigenvalue weighted by molar-refractivity contribution is -0.306. The fourth-order valence-corrected chi connectivity index (χ4v) is 4.39. The van der Waals surface area contributed by atoms with Crippen LogP contribution in [0.3, 0.4) is 0 Å². The molecule has 0 aromatic heterocycles. The molecular formula is C30H40O7. The molecule has 202 valence electrons. The van der Waals surface area contributed by atoms with Crippen LogP contribution in [-0.2, 0) is 35.1 Å². The summed E-state index contributed by atoms with van der Waals surface area (Å²) in [6, 6.07) is 18.4. The van der Waals surface area contributed by atoms with E-state index in [0.717, 1.165) is 18.4 Å². The van der Waals surface area contributed by atoms with E-state index in [1.165, 1.54) is 32.6 Å². The van der Waals surface area contributed by atoms with Crippen LogP contribution in [0.2, 0.25) is 0 Å². The fourth-order valence-electron chi connectivity index (χ4n) is 4.39. The van der Waals surface area contributed by atoms with Gasteiger partial charge in [-0.2, -0.15) is 0 Å². The summed E-state index contributed by atoms with van der Waals surface area (Å²) in [4.78, 5) is 25.0. The monoisotopic (exact) mass is 512 g/mol. The molecule has 0 amide bonds. The molecule has 1 heterocycles. The van der Waals surface area contributed by atoms with Crippen LogP contribution in [0.4, 0.5) is 0 Å². The topological polar surface area (TPSA) is 80.3 Å². The molecule has 0 radical (unpaired) electrons. The molecule has 1 aliphatic rings. The molecule has 1 aliphatic heterocycles. The van der Waals surface area contributed by atoms with Gasteiger partial charge in [0.1, 0.15) is 6.10 Å². The molecule has 2 aromatic rings. The smallest absolute Gasteiger partial charge is 0.338 e. The number of hydrogen-bond donors (Lipinski definition) is 0. The zero-order chi connectivity index (χ0) is 26.5. The largest absolute Gasteiger partial charge is 0.455 e. The first-order chi connectivity index (χ1) is 18.0. The number of ether oxygens (including phenoxy) is 5. The van der Waals surface area contributed by atoms with Crippen molar-refractivity contribution in [3.05, 3.63) is 71.8 Å². The zero-order valence-electron chi connectivity index (χ0n) is 22.2. The van der Waals surface area contributed by atoms with Crippen molar-refractivity contribution in [1.82, 2.24) is 0 Å². The minimum atomic E-state index is -0.896. The lowest BCUT2D eigenvalue weighted by atomic mass is 9.98. The minimum absolute atomic E-state index is 0.261. The fraction of sp³-hybridized carbons (Fsp3) is 0.533. The molecule has 2 aromatic carbocycles. The molecule has 3 rings (SSSR count). The number of carbonyl (C=O) groups is 2. The second kappa shape index (κ2) is 15.5. The van der Waals surface area contributed by atoms with Crippen LogP contribution in [0, 0.1) is 0 Å². The normalized spacial score (nSPS) is 23.4. The van der Waals surface area contributed by atoms with E-state index in [4.69, 9.17) is 23.7 Å². The summed E-state index contributed by atoms with van der Waals surface area (Å²) < 4.78 is 30.1. The molecule has 7 nitrogen and oxygen atoms in total. The van der Waals surface area contributed by atoms with E-state index in [1.54, 1.807) is 31.2 Å². The number of carbonyl (C=O) groups excluding carboxylic acids is 2. The molecule has 0 aliphatic carbocycles. The van der Waals surface area contributed by atoms with Crippen LogP contribution < -0.4 is 0 Å². The van der Waals surface area contributed by atoms with E-state index < -0.39 is 42.6 Å². The Morgan fingerprint density at radius 2 is 1.43 bits per heavy atom. The van der Waals surface area contributed by atoms with Crippen molar-refractivity contribution in [2.75, 3.05) is 6.61 Å². The first kappa shape index (κ1) is 28.8. The summed E-state index contributed by atoms with van der Waals surface area (Å²) in [5, 5.41) is 0. The van der Waals surface area contributed by atoms with E-state index in [9.17, 15) is 9.59 Å². The number of esters is 2.